The Morgan fingerprint density at radius 2 is 1.91 bits per heavy atom. The fourth-order valence-electron chi connectivity index (χ4n) is 3.82. The molecule has 0 saturated carbocycles. The Morgan fingerprint density at radius 3 is 2.39 bits per heavy atom. The number of hydrogen-bond donors (Lipinski definition) is 1. The summed E-state index contributed by atoms with van der Waals surface area (Å²) in [5, 5.41) is 11.1. The van der Waals surface area contributed by atoms with Gasteiger partial charge in [-0.2, -0.15) is 0 Å². The molecule has 2 unspecified atom stereocenters. The van der Waals surface area contributed by atoms with Crippen LogP contribution in [0.5, 0.6) is 0 Å². The van der Waals surface area contributed by atoms with Crippen molar-refractivity contribution in [2.24, 2.45) is 0 Å². The summed E-state index contributed by atoms with van der Waals surface area (Å²) in [4.78, 5) is 18.6. The van der Waals surface area contributed by atoms with E-state index in [-0.39, 0.29) is 18.2 Å². The summed E-state index contributed by atoms with van der Waals surface area (Å²) in [6, 6.07) is 3.95. The Balaban J connectivity index is 1.79. The van der Waals surface area contributed by atoms with Gasteiger partial charge in [-0.1, -0.05) is 6.07 Å². The topological polar surface area (TPSA) is 62.7 Å². The zero-order valence-electron chi connectivity index (χ0n) is 14.4. The lowest BCUT2D eigenvalue weighted by atomic mass is 9.81. The summed E-state index contributed by atoms with van der Waals surface area (Å²) in [5.41, 5.74) is 0.395. The molecule has 0 aliphatic carbocycles. The predicted octanol–water partition coefficient (Wildman–Crippen LogP) is 3.14. The molecular formula is C18H26N2O3. The number of pyridine rings is 1. The highest BCUT2D eigenvalue weighted by Crippen LogP contribution is 2.46. The molecule has 2 fully saturated rings. The van der Waals surface area contributed by atoms with Crippen LogP contribution in [0.3, 0.4) is 0 Å². The highest BCUT2D eigenvalue weighted by Gasteiger charge is 2.51. The molecule has 23 heavy (non-hydrogen) atoms. The van der Waals surface area contributed by atoms with Crippen LogP contribution < -0.4 is 0 Å². The number of aryl methyl sites for hydroxylation is 1. The van der Waals surface area contributed by atoms with Gasteiger partial charge in [0.05, 0.1) is 5.60 Å². The van der Waals surface area contributed by atoms with Crippen molar-refractivity contribution in [3.63, 3.8) is 0 Å². The highest BCUT2D eigenvalue weighted by atomic mass is 16.6. The zero-order chi connectivity index (χ0) is 16.8. The Kier molecular flexibility index (Phi) is 3.87. The van der Waals surface area contributed by atoms with Crippen molar-refractivity contribution >= 4 is 6.09 Å². The maximum absolute atomic E-state index is 12.5. The van der Waals surface area contributed by atoms with Gasteiger partial charge in [0.2, 0.25) is 0 Å². The number of fused-ring (bicyclic) bond motifs is 2. The molecule has 0 radical (unpaired) electrons. The van der Waals surface area contributed by atoms with Crippen LogP contribution in [0.4, 0.5) is 4.79 Å². The second-order valence-electron chi connectivity index (χ2n) is 7.90. The smallest absolute Gasteiger partial charge is 0.410 e. The summed E-state index contributed by atoms with van der Waals surface area (Å²) in [7, 11) is 0. The first-order chi connectivity index (χ1) is 10.7. The minimum absolute atomic E-state index is 0.0369. The molecule has 1 aromatic rings. The van der Waals surface area contributed by atoms with E-state index in [1.165, 1.54) is 0 Å². The largest absolute Gasteiger partial charge is 0.444 e. The normalized spacial score (nSPS) is 30.4. The minimum atomic E-state index is -0.898. The molecule has 0 aromatic carbocycles. The third-order valence-electron chi connectivity index (χ3n) is 4.82. The average molecular weight is 318 g/mol. The standard InChI is InChI=1S/C18H26N2O3/c1-12-5-6-13(11-19-12)18(22)9-14-7-8-15(10-18)20(14)16(21)23-17(2,3)4/h5-6,11,14-15,22H,7-10H2,1-4H3. The number of hydrogen-bond acceptors (Lipinski definition) is 4. The summed E-state index contributed by atoms with van der Waals surface area (Å²) in [6.07, 6.45) is 4.45. The molecule has 5 nitrogen and oxygen atoms in total. The van der Waals surface area contributed by atoms with Crippen molar-refractivity contribution in [2.45, 2.75) is 76.7 Å². The van der Waals surface area contributed by atoms with E-state index in [2.05, 4.69) is 4.98 Å². The molecule has 1 aromatic heterocycles. The number of piperidine rings is 1. The van der Waals surface area contributed by atoms with Gasteiger partial charge in [-0.05, 0) is 46.6 Å². The summed E-state index contributed by atoms with van der Waals surface area (Å²) in [5.74, 6) is 0. The third kappa shape index (κ3) is 3.20. The molecule has 126 valence electrons. The van der Waals surface area contributed by atoms with Crippen molar-refractivity contribution in [1.29, 1.82) is 0 Å². The lowest BCUT2D eigenvalue weighted by Gasteiger charge is -2.44. The fraction of sp³-hybridized carbons (Fsp3) is 0.667. The summed E-state index contributed by atoms with van der Waals surface area (Å²) in [6.45, 7) is 7.57. The van der Waals surface area contributed by atoms with E-state index in [1.807, 2.05) is 44.7 Å². The average Bonchev–Trinajstić information content (AvgIpc) is 2.71. The number of rotatable bonds is 1. The summed E-state index contributed by atoms with van der Waals surface area (Å²) >= 11 is 0. The van der Waals surface area contributed by atoms with Crippen molar-refractivity contribution in [3.05, 3.63) is 29.6 Å². The fourth-order valence-corrected chi connectivity index (χ4v) is 3.82. The van der Waals surface area contributed by atoms with Crippen LogP contribution in [0, 0.1) is 6.92 Å². The van der Waals surface area contributed by atoms with Crippen molar-refractivity contribution in [3.8, 4) is 0 Å². The Labute approximate surface area is 137 Å². The van der Waals surface area contributed by atoms with Crippen LogP contribution in [0.25, 0.3) is 0 Å². The predicted molar refractivity (Wildman–Crippen MR) is 87.0 cm³/mol. The molecule has 3 heterocycles. The van der Waals surface area contributed by atoms with Crippen LogP contribution in [0.2, 0.25) is 0 Å². The second kappa shape index (κ2) is 5.48. The van der Waals surface area contributed by atoms with Gasteiger partial charge in [-0.25, -0.2) is 4.79 Å². The van der Waals surface area contributed by atoms with E-state index in [1.54, 1.807) is 6.20 Å². The number of carbonyl (C=O) groups excluding carboxylic acids is 1. The lowest BCUT2D eigenvalue weighted by Crippen LogP contribution is -2.53. The van der Waals surface area contributed by atoms with Crippen LogP contribution in [-0.2, 0) is 10.3 Å². The first-order valence-electron chi connectivity index (χ1n) is 8.35. The molecular weight excluding hydrogens is 292 g/mol. The molecule has 1 N–H and O–H groups in total. The SMILES string of the molecule is Cc1ccc(C2(O)CC3CCC(C2)N3C(=O)OC(C)(C)C)cn1. The van der Waals surface area contributed by atoms with Crippen molar-refractivity contribution in [2.75, 3.05) is 0 Å². The van der Waals surface area contributed by atoms with Gasteiger partial charge in [0, 0.05) is 42.4 Å². The number of ether oxygens (including phenoxy) is 1. The van der Waals surface area contributed by atoms with E-state index in [9.17, 15) is 9.90 Å². The van der Waals surface area contributed by atoms with Gasteiger partial charge in [0.25, 0.3) is 0 Å². The van der Waals surface area contributed by atoms with Gasteiger partial charge in [0.1, 0.15) is 5.60 Å². The first kappa shape index (κ1) is 16.2. The molecule has 2 bridgehead atoms. The van der Waals surface area contributed by atoms with E-state index < -0.39 is 11.2 Å². The maximum Gasteiger partial charge on any atom is 0.410 e. The summed E-state index contributed by atoms with van der Waals surface area (Å²) < 4.78 is 5.54. The monoisotopic (exact) mass is 318 g/mol. The third-order valence-corrected chi connectivity index (χ3v) is 4.82. The number of aliphatic hydroxyl groups is 1. The molecule has 2 aliphatic heterocycles. The van der Waals surface area contributed by atoms with E-state index >= 15 is 0 Å². The number of aromatic nitrogens is 1. The van der Waals surface area contributed by atoms with Crippen LogP contribution in [0.1, 0.15) is 57.7 Å². The Morgan fingerprint density at radius 1 is 1.30 bits per heavy atom. The van der Waals surface area contributed by atoms with E-state index in [0.29, 0.717) is 12.8 Å². The first-order valence-corrected chi connectivity index (χ1v) is 8.35. The second-order valence-corrected chi connectivity index (χ2v) is 7.90. The van der Waals surface area contributed by atoms with Crippen LogP contribution >= 0.6 is 0 Å². The molecule has 5 heteroatoms. The number of carbonyl (C=O) groups is 1. The molecule has 2 saturated heterocycles. The van der Waals surface area contributed by atoms with Crippen LogP contribution in [-0.4, -0.2) is 38.8 Å². The van der Waals surface area contributed by atoms with Gasteiger partial charge >= 0.3 is 6.09 Å². The van der Waals surface area contributed by atoms with E-state index in [0.717, 1.165) is 24.1 Å². The Hall–Kier alpha value is -1.62. The van der Waals surface area contributed by atoms with Gasteiger partial charge in [-0.3, -0.25) is 4.98 Å². The van der Waals surface area contributed by atoms with Crippen molar-refractivity contribution in [1.82, 2.24) is 9.88 Å². The van der Waals surface area contributed by atoms with Gasteiger partial charge in [0.15, 0.2) is 0 Å². The minimum Gasteiger partial charge on any atom is -0.444 e. The quantitative estimate of drug-likeness (QED) is 0.864. The molecule has 2 atom stereocenters. The molecule has 2 aliphatic rings. The van der Waals surface area contributed by atoms with Gasteiger partial charge in [-0.15, -0.1) is 0 Å². The maximum atomic E-state index is 12.5. The van der Waals surface area contributed by atoms with Crippen LogP contribution in [0.15, 0.2) is 18.3 Å². The number of amides is 1. The molecule has 0 spiro atoms. The molecule has 3 rings (SSSR count). The number of nitrogens with zero attached hydrogens (tertiary/aromatic N) is 2. The van der Waals surface area contributed by atoms with Crippen molar-refractivity contribution < 1.29 is 14.6 Å². The lowest BCUT2D eigenvalue weighted by molar-refractivity contribution is -0.0625. The Bertz CT molecular complexity index is 577. The zero-order valence-corrected chi connectivity index (χ0v) is 14.4. The highest BCUT2D eigenvalue weighted by molar-refractivity contribution is 5.69. The van der Waals surface area contributed by atoms with E-state index in [4.69, 9.17) is 4.74 Å². The van der Waals surface area contributed by atoms with Gasteiger partial charge < -0.3 is 14.7 Å². The molecule has 1 amide bonds.